The van der Waals surface area contributed by atoms with Crippen molar-refractivity contribution in [1.82, 2.24) is 19.9 Å². The molecule has 0 atom stereocenters. The van der Waals surface area contributed by atoms with Crippen LogP contribution in [0.3, 0.4) is 0 Å². The third-order valence-electron chi connectivity index (χ3n) is 6.27. The number of hydrogen-bond acceptors (Lipinski definition) is 8. The second-order valence-corrected chi connectivity index (χ2v) is 9.93. The number of ether oxygens (including phenoxy) is 1. The van der Waals surface area contributed by atoms with Crippen LogP contribution in [0.1, 0.15) is 25.3 Å². The number of rotatable bonds is 10. The molecule has 7 nitrogen and oxygen atoms in total. The van der Waals surface area contributed by atoms with E-state index in [1.165, 1.54) is 17.7 Å². The topological polar surface area (TPSA) is 66.4 Å². The number of benzene rings is 2. The lowest BCUT2D eigenvalue weighted by atomic mass is 10.2. The van der Waals surface area contributed by atoms with Crippen molar-refractivity contribution in [3.8, 4) is 16.3 Å². The van der Waals surface area contributed by atoms with Gasteiger partial charge in [0.2, 0.25) is 5.95 Å². The first kappa shape index (κ1) is 25.1. The Labute approximate surface area is 221 Å². The lowest BCUT2D eigenvalue weighted by molar-refractivity contribution is 0.248. The van der Waals surface area contributed by atoms with Crippen LogP contribution in [-0.4, -0.2) is 52.6 Å². The maximum atomic E-state index is 13.4. The van der Waals surface area contributed by atoms with Gasteiger partial charge in [-0.25, -0.2) is 9.37 Å². The fourth-order valence-electron chi connectivity index (χ4n) is 4.18. The molecule has 2 aromatic heterocycles. The number of halogens is 1. The van der Waals surface area contributed by atoms with Crippen LogP contribution in [0.25, 0.3) is 10.6 Å². The Hall–Kier alpha value is -3.56. The van der Waals surface area contributed by atoms with Gasteiger partial charge in [-0.2, -0.15) is 4.98 Å². The monoisotopic (exact) mass is 518 g/mol. The number of thiazole rings is 1. The molecule has 1 fully saturated rings. The number of aromatic nitrogens is 3. The Kier molecular flexibility index (Phi) is 8.22. The van der Waals surface area contributed by atoms with Crippen LogP contribution < -0.4 is 15.0 Å². The molecule has 0 radical (unpaired) electrons. The van der Waals surface area contributed by atoms with E-state index in [1.54, 1.807) is 29.0 Å². The van der Waals surface area contributed by atoms with Gasteiger partial charge in [-0.15, -0.1) is 11.3 Å². The van der Waals surface area contributed by atoms with Crippen molar-refractivity contribution in [3.05, 3.63) is 77.7 Å². The Morgan fingerprint density at radius 2 is 1.78 bits per heavy atom. The number of nitrogens with zero attached hydrogens (tertiary/aromatic N) is 5. The van der Waals surface area contributed by atoms with Crippen molar-refractivity contribution in [1.29, 1.82) is 0 Å². The van der Waals surface area contributed by atoms with Crippen molar-refractivity contribution < 1.29 is 9.13 Å². The molecule has 0 spiro atoms. The summed E-state index contributed by atoms with van der Waals surface area (Å²) < 4.78 is 19.1. The minimum atomic E-state index is -0.270. The summed E-state index contributed by atoms with van der Waals surface area (Å²) in [5.41, 5.74) is 4.67. The van der Waals surface area contributed by atoms with E-state index in [9.17, 15) is 4.39 Å². The summed E-state index contributed by atoms with van der Waals surface area (Å²) in [5.74, 6) is 2.02. The normalized spacial score (nSPS) is 14.1. The summed E-state index contributed by atoms with van der Waals surface area (Å²) in [4.78, 5) is 19.5. The zero-order valence-corrected chi connectivity index (χ0v) is 21.8. The lowest BCUT2D eigenvalue weighted by Crippen LogP contribution is -2.46. The Balaban J connectivity index is 1.24. The van der Waals surface area contributed by atoms with Gasteiger partial charge >= 0.3 is 0 Å². The minimum Gasteiger partial charge on any atom is -0.494 e. The molecular formula is C28H31FN6OS. The van der Waals surface area contributed by atoms with Gasteiger partial charge in [-0.05, 0) is 48.4 Å². The molecule has 0 amide bonds. The van der Waals surface area contributed by atoms with E-state index in [4.69, 9.17) is 14.7 Å². The first-order valence-corrected chi connectivity index (χ1v) is 13.5. The zero-order valence-electron chi connectivity index (χ0n) is 20.9. The van der Waals surface area contributed by atoms with Gasteiger partial charge in [0.25, 0.3) is 0 Å². The van der Waals surface area contributed by atoms with Gasteiger partial charge in [0.15, 0.2) is 0 Å². The third kappa shape index (κ3) is 6.81. The van der Waals surface area contributed by atoms with Crippen molar-refractivity contribution in [2.75, 3.05) is 43.0 Å². The molecule has 37 heavy (non-hydrogen) atoms. The molecular weight excluding hydrogens is 487 g/mol. The summed E-state index contributed by atoms with van der Waals surface area (Å²) in [7, 11) is 0. The lowest BCUT2D eigenvalue weighted by Gasteiger charge is -2.35. The highest BCUT2D eigenvalue weighted by Crippen LogP contribution is 2.28. The van der Waals surface area contributed by atoms with Gasteiger partial charge in [0.05, 0.1) is 22.7 Å². The SMILES string of the molecule is CCCCOc1ccc(CN2CCN(c3nc(Nc4ccc(F)cc4)cc(-c4cncs4)n3)CC2)cc1. The summed E-state index contributed by atoms with van der Waals surface area (Å²) in [6.07, 6.45) is 4.03. The highest BCUT2D eigenvalue weighted by Gasteiger charge is 2.21. The molecule has 3 heterocycles. The van der Waals surface area contributed by atoms with Crippen LogP contribution in [0, 0.1) is 5.82 Å². The molecule has 9 heteroatoms. The van der Waals surface area contributed by atoms with Crippen molar-refractivity contribution >= 4 is 28.8 Å². The number of anilines is 3. The predicted molar refractivity (Wildman–Crippen MR) is 147 cm³/mol. The summed E-state index contributed by atoms with van der Waals surface area (Å²) in [6, 6.07) is 16.6. The Morgan fingerprint density at radius 1 is 1.00 bits per heavy atom. The number of nitrogens with one attached hydrogen (secondary N) is 1. The van der Waals surface area contributed by atoms with Crippen LogP contribution in [0.2, 0.25) is 0 Å². The number of unbranched alkanes of at least 4 members (excludes halogenated alkanes) is 1. The third-order valence-corrected chi connectivity index (χ3v) is 7.06. The summed E-state index contributed by atoms with van der Waals surface area (Å²) in [6.45, 7) is 7.35. The van der Waals surface area contributed by atoms with Gasteiger partial charge in [-0.3, -0.25) is 9.88 Å². The van der Waals surface area contributed by atoms with Crippen molar-refractivity contribution in [3.63, 3.8) is 0 Å². The minimum absolute atomic E-state index is 0.270. The van der Waals surface area contributed by atoms with E-state index < -0.39 is 0 Å². The largest absolute Gasteiger partial charge is 0.494 e. The van der Waals surface area contributed by atoms with E-state index >= 15 is 0 Å². The Bertz CT molecular complexity index is 1260. The Morgan fingerprint density at radius 3 is 2.49 bits per heavy atom. The van der Waals surface area contributed by atoms with Crippen molar-refractivity contribution in [2.45, 2.75) is 26.3 Å². The molecule has 0 saturated carbocycles. The number of hydrogen-bond donors (Lipinski definition) is 1. The van der Waals surface area contributed by atoms with Crippen LogP contribution in [0.5, 0.6) is 5.75 Å². The quantitative estimate of drug-likeness (QED) is 0.259. The summed E-state index contributed by atoms with van der Waals surface area (Å²) in [5, 5.41) is 3.29. The molecule has 1 aliphatic heterocycles. The predicted octanol–water partition coefficient (Wildman–Crippen LogP) is 5.98. The van der Waals surface area contributed by atoms with Crippen LogP contribution >= 0.6 is 11.3 Å². The smallest absolute Gasteiger partial charge is 0.228 e. The average molecular weight is 519 g/mol. The number of piperazine rings is 1. The second kappa shape index (κ2) is 12.1. The average Bonchev–Trinajstić information content (AvgIpc) is 3.47. The van der Waals surface area contributed by atoms with E-state index in [0.717, 1.165) is 74.2 Å². The fourth-order valence-corrected chi connectivity index (χ4v) is 4.76. The molecule has 2 aromatic carbocycles. The molecule has 0 unspecified atom stereocenters. The maximum absolute atomic E-state index is 13.4. The molecule has 1 saturated heterocycles. The van der Waals surface area contributed by atoms with E-state index in [-0.39, 0.29) is 5.82 Å². The highest BCUT2D eigenvalue weighted by atomic mass is 32.1. The second-order valence-electron chi connectivity index (χ2n) is 9.05. The van der Waals surface area contributed by atoms with E-state index in [0.29, 0.717) is 11.8 Å². The van der Waals surface area contributed by atoms with Gasteiger partial charge in [0.1, 0.15) is 17.4 Å². The maximum Gasteiger partial charge on any atom is 0.228 e. The van der Waals surface area contributed by atoms with Crippen LogP contribution in [-0.2, 0) is 6.54 Å². The fraction of sp³-hybridized carbons (Fsp3) is 0.321. The van der Waals surface area contributed by atoms with Gasteiger partial charge in [-0.1, -0.05) is 25.5 Å². The molecule has 1 aliphatic rings. The van der Waals surface area contributed by atoms with Crippen LogP contribution in [0.4, 0.5) is 21.8 Å². The summed E-state index contributed by atoms with van der Waals surface area (Å²) >= 11 is 1.54. The van der Waals surface area contributed by atoms with E-state index in [2.05, 4.69) is 51.3 Å². The van der Waals surface area contributed by atoms with Crippen molar-refractivity contribution in [2.24, 2.45) is 0 Å². The zero-order chi connectivity index (χ0) is 25.5. The van der Waals surface area contributed by atoms with Crippen LogP contribution in [0.15, 0.2) is 66.3 Å². The molecule has 0 aliphatic carbocycles. The standard InChI is InChI=1S/C28H31FN6OS/c1-2-3-16-36-24-10-4-21(5-11-24)19-34-12-14-35(15-13-34)28-32-25(26-18-30-20-37-26)17-27(33-28)31-23-8-6-22(29)7-9-23/h4-11,17-18,20H,2-3,12-16,19H2,1H3,(H,31,32,33). The molecule has 5 rings (SSSR count). The first-order chi connectivity index (χ1) is 18.2. The molecule has 1 N–H and O–H groups in total. The van der Waals surface area contributed by atoms with Gasteiger partial charge in [0, 0.05) is 50.7 Å². The molecule has 192 valence electrons. The molecule has 0 bridgehead atoms. The first-order valence-electron chi connectivity index (χ1n) is 12.7. The van der Waals surface area contributed by atoms with E-state index in [1.807, 2.05) is 12.3 Å². The molecule has 4 aromatic rings. The highest BCUT2D eigenvalue weighted by molar-refractivity contribution is 7.13. The van der Waals surface area contributed by atoms with Gasteiger partial charge < -0.3 is 15.0 Å².